The first-order valence-corrected chi connectivity index (χ1v) is 9.21. The zero-order valence-electron chi connectivity index (χ0n) is 15.8. The van der Waals surface area contributed by atoms with Crippen LogP contribution < -0.4 is 15.7 Å². The van der Waals surface area contributed by atoms with E-state index in [1.54, 1.807) is 12.1 Å². The second kappa shape index (κ2) is 8.02. The van der Waals surface area contributed by atoms with Crippen LogP contribution in [0.15, 0.2) is 88.1 Å². The largest absolute Gasteiger partial charge is 0.484 e. The number of nitrogens with one attached hydrogen (secondary N) is 1. The van der Waals surface area contributed by atoms with E-state index >= 15 is 0 Å². The average molecular weight is 385 g/mol. The Kier molecular flexibility index (Phi) is 5.12. The Morgan fingerprint density at radius 1 is 0.931 bits per heavy atom. The molecule has 1 heterocycles. The zero-order valence-corrected chi connectivity index (χ0v) is 15.8. The summed E-state index contributed by atoms with van der Waals surface area (Å²) in [6, 6.07) is 24.3. The molecule has 0 aliphatic carbocycles. The molecule has 0 aliphatic heterocycles. The number of carbonyl (C=O) groups excluding carboxylic acids is 1. The summed E-state index contributed by atoms with van der Waals surface area (Å²) in [5.41, 5.74) is 3.59. The van der Waals surface area contributed by atoms with Crippen LogP contribution in [0.5, 0.6) is 5.75 Å². The zero-order chi connectivity index (χ0) is 20.2. The summed E-state index contributed by atoms with van der Waals surface area (Å²) in [4.78, 5) is 23.8. The number of ether oxygens (including phenoxy) is 1. The fourth-order valence-electron chi connectivity index (χ4n) is 3.12. The lowest BCUT2D eigenvalue weighted by molar-refractivity contribution is -0.118. The van der Waals surface area contributed by atoms with Gasteiger partial charge in [0.15, 0.2) is 6.61 Å². The Hall–Kier alpha value is -3.86. The molecule has 0 radical (unpaired) electrons. The van der Waals surface area contributed by atoms with E-state index in [2.05, 4.69) is 5.32 Å². The van der Waals surface area contributed by atoms with Crippen molar-refractivity contribution < 1.29 is 13.9 Å². The number of aryl methyl sites for hydroxylation is 1. The van der Waals surface area contributed by atoms with Crippen LogP contribution in [0.4, 0.5) is 5.69 Å². The third-order valence-corrected chi connectivity index (χ3v) is 4.57. The van der Waals surface area contributed by atoms with Crippen LogP contribution in [-0.4, -0.2) is 12.5 Å². The van der Waals surface area contributed by atoms with Gasteiger partial charge in [-0.1, -0.05) is 42.5 Å². The summed E-state index contributed by atoms with van der Waals surface area (Å²) in [7, 11) is 0. The number of hydrogen-bond donors (Lipinski definition) is 1. The van der Waals surface area contributed by atoms with E-state index in [-0.39, 0.29) is 12.5 Å². The number of amides is 1. The molecule has 144 valence electrons. The van der Waals surface area contributed by atoms with Crippen molar-refractivity contribution in [1.82, 2.24) is 0 Å². The van der Waals surface area contributed by atoms with E-state index < -0.39 is 5.63 Å². The molecule has 5 heteroatoms. The van der Waals surface area contributed by atoms with Crippen molar-refractivity contribution in [2.45, 2.75) is 6.92 Å². The van der Waals surface area contributed by atoms with Crippen LogP contribution >= 0.6 is 0 Å². The van der Waals surface area contributed by atoms with Gasteiger partial charge in [0.2, 0.25) is 0 Å². The van der Waals surface area contributed by atoms with Crippen molar-refractivity contribution in [3.05, 3.63) is 94.8 Å². The van der Waals surface area contributed by atoms with E-state index in [9.17, 15) is 9.59 Å². The first kappa shape index (κ1) is 18.5. The van der Waals surface area contributed by atoms with E-state index in [4.69, 9.17) is 9.15 Å². The van der Waals surface area contributed by atoms with Gasteiger partial charge in [0.1, 0.15) is 11.3 Å². The highest BCUT2D eigenvalue weighted by Crippen LogP contribution is 2.23. The third kappa shape index (κ3) is 4.35. The Labute approximate surface area is 167 Å². The first-order valence-electron chi connectivity index (χ1n) is 9.21. The molecule has 4 aromatic rings. The number of fused-ring (bicyclic) bond motifs is 1. The molecule has 4 rings (SSSR count). The van der Waals surface area contributed by atoms with Crippen molar-refractivity contribution in [3.8, 4) is 16.9 Å². The fourth-order valence-corrected chi connectivity index (χ4v) is 3.12. The number of carbonyl (C=O) groups is 1. The number of hydrogen-bond acceptors (Lipinski definition) is 4. The minimum Gasteiger partial charge on any atom is -0.484 e. The van der Waals surface area contributed by atoms with E-state index in [0.717, 1.165) is 22.1 Å². The molecule has 0 bridgehead atoms. The van der Waals surface area contributed by atoms with Gasteiger partial charge in [0.05, 0.1) is 0 Å². The quantitative estimate of drug-likeness (QED) is 0.502. The second-order valence-electron chi connectivity index (χ2n) is 6.69. The highest BCUT2D eigenvalue weighted by molar-refractivity contribution is 5.94. The molecule has 0 atom stereocenters. The Bertz CT molecular complexity index is 1210. The fraction of sp³-hybridized carbons (Fsp3) is 0.0833. The second-order valence-corrected chi connectivity index (χ2v) is 6.69. The Balaban J connectivity index is 1.39. The maximum Gasteiger partial charge on any atom is 0.336 e. The van der Waals surface area contributed by atoms with Crippen molar-refractivity contribution in [2.24, 2.45) is 0 Å². The molecule has 3 aromatic carbocycles. The maximum atomic E-state index is 12.2. The van der Waals surface area contributed by atoms with Crippen LogP contribution in [-0.2, 0) is 4.79 Å². The highest BCUT2D eigenvalue weighted by atomic mass is 16.5. The van der Waals surface area contributed by atoms with E-state index in [0.29, 0.717) is 17.0 Å². The number of benzene rings is 3. The number of rotatable bonds is 5. The normalized spacial score (nSPS) is 10.7. The van der Waals surface area contributed by atoms with Gasteiger partial charge >= 0.3 is 5.63 Å². The van der Waals surface area contributed by atoms with Gasteiger partial charge in [-0.15, -0.1) is 0 Å². The van der Waals surface area contributed by atoms with Crippen LogP contribution in [0.25, 0.3) is 22.1 Å². The molecule has 5 nitrogen and oxygen atoms in total. The molecule has 0 fully saturated rings. The van der Waals surface area contributed by atoms with Crippen molar-refractivity contribution in [1.29, 1.82) is 0 Å². The summed E-state index contributed by atoms with van der Waals surface area (Å²) in [5.74, 6) is 0.312. The Morgan fingerprint density at radius 3 is 2.41 bits per heavy atom. The maximum absolute atomic E-state index is 12.2. The molecular formula is C24H19NO4. The SMILES string of the molecule is Cc1cc(=O)oc2cc(NC(=O)COc3ccc(-c4ccccc4)cc3)ccc12. The van der Waals surface area contributed by atoms with Gasteiger partial charge in [-0.3, -0.25) is 4.79 Å². The molecule has 0 saturated carbocycles. The summed E-state index contributed by atoms with van der Waals surface area (Å²) in [5, 5.41) is 3.59. The van der Waals surface area contributed by atoms with Crippen LogP contribution in [0.2, 0.25) is 0 Å². The summed E-state index contributed by atoms with van der Waals surface area (Å²) < 4.78 is 10.8. The lowest BCUT2D eigenvalue weighted by Gasteiger charge is -2.09. The average Bonchev–Trinajstić information content (AvgIpc) is 2.73. The van der Waals surface area contributed by atoms with Crippen molar-refractivity contribution in [3.63, 3.8) is 0 Å². The summed E-state index contributed by atoms with van der Waals surface area (Å²) in [6.07, 6.45) is 0. The smallest absolute Gasteiger partial charge is 0.336 e. The highest BCUT2D eigenvalue weighted by Gasteiger charge is 2.07. The predicted molar refractivity (Wildman–Crippen MR) is 113 cm³/mol. The number of anilines is 1. The van der Waals surface area contributed by atoms with Gasteiger partial charge < -0.3 is 14.5 Å². The summed E-state index contributed by atoms with van der Waals surface area (Å²) >= 11 is 0. The van der Waals surface area contributed by atoms with Gasteiger partial charge in [0.25, 0.3) is 5.91 Å². The van der Waals surface area contributed by atoms with Gasteiger partial charge in [-0.05, 0) is 47.9 Å². The van der Waals surface area contributed by atoms with Crippen molar-refractivity contribution in [2.75, 3.05) is 11.9 Å². The lowest BCUT2D eigenvalue weighted by Crippen LogP contribution is -2.20. The van der Waals surface area contributed by atoms with Crippen LogP contribution in [0.3, 0.4) is 0 Å². The summed E-state index contributed by atoms with van der Waals surface area (Å²) in [6.45, 7) is 1.72. The molecule has 1 N–H and O–H groups in total. The van der Waals surface area contributed by atoms with Crippen LogP contribution in [0.1, 0.15) is 5.56 Å². The first-order chi connectivity index (χ1) is 14.1. The van der Waals surface area contributed by atoms with Crippen LogP contribution in [0, 0.1) is 6.92 Å². The standard InChI is InChI=1S/C24H19NO4/c1-16-13-24(27)29-22-14-19(9-12-21(16)22)25-23(26)15-28-20-10-7-18(8-11-20)17-5-3-2-4-6-17/h2-14H,15H2,1H3,(H,25,26). The van der Waals surface area contributed by atoms with E-state index in [1.807, 2.05) is 67.6 Å². The predicted octanol–water partition coefficient (Wildman–Crippen LogP) is 4.79. The van der Waals surface area contributed by atoms with Crippen molar-refractivity contribution >= 4 is 22.6 Å². The molecule has 1 amide bonds. The molecule has 0 aliphatic rings. The molecule has 0 unspecified atom stereocenters. The molecule has 0 saturated heterocycles. The lowest BCUT2D eigenvalue weighted by atomic mass is 10.1. The Morgan fingerprint density at radius 2 is 1.66 bits per heavy atom. The van der Waals surface area contributed by atoms with Gasteiger partial charge in [0, 0.05) is 23.2 Å². The van der Waals surface area contributed by atoms with Gasteiger partial charge in [-0.2, -0.15) is 0 Å². The molecule has 29 heavy (non-hydrogen) atoms. The molecule has 1 aromatic heterocycles. The monoisotopic (exact) mass is 385 g/mol. The van der Waals surface area contributed by atoms with E-state index in [1.165, 1.54) is 6.07 Å². The minimum absolute atomic E-state index is 0.125. The third-order valence-electron chi connectivity index (χ3n) is 4.57. The molecular weight excluding hydrogens is 366 g/mol. The molecule has 0 spiro atoms. The van der Waals surface area contributed by atoms with Gasteiger partial charge in [-0.25, -0.2) is 4.79 Å². The minimum atomic E-state index is -0.416. The topological polar surface area (TPSA) is 68.5 Å².